The van der Waals surface area contributed by atoms with Crippen molar-refractivity contribution in [2.24, 2.45) is 0 Å². The highest BCUT2D eigenvalue weighted by molar-refractivity contribution is 5.77. The van der Waals surface area contributed by atoms with Crippen molar-refractivity contribution in [2.45, 2.75) is 32.2 Å². The number of carbonyl (C=O) groups excluding carboxylic acids is 1. The minimum atomic E-state index is -0.237. The van der Waals surface area contributed by atoms with E-state index in [9.17, 15) is 9.18 Å². The van der Waals surface area contributed by atoms with Gasteiger partial charge in [-0.3, -0.25) is 4.79 Å². The number of amides is 1. The summed E-state index contributed by atoms with van der Waals surface area (Å²) in [6.07, 6.45) is 1.15. The number of halogens is 1. The lowest BCUT2D eigenvalue weighted by Gasteiger charge is -2.23. The van der Waals surface area contributed by atoms with Gasteiger partial charge in [-0.1, -0.05) is 12.1 Å². The number of hydrogen-bond donors (Lipinski definition) is 2. The van der Waals surface area contributed by atoms with Crippen molar-refractivity contribution in [3.63, 3.8) is 0 Å². The first kappa shape index (κ1) is 14.6. The lowest BCUT2D eigenvalue weighted by atomic mass is 10.0. The van der Waals surface area contributed by atoms with Gasteiger partial charge in [0.1, 0.15) is 5.82 Å². The second kappa shape index (κ2) is 6.50. The van der Waals surface area contributed by atoms with Crippen LogP contribution in [0, 0.1) is 5.82 Å². The van der Waals surface area contributed by atoms with E-state index in [1.807, 2.05) is 20.9 Å². The van der Waals surface area contributed by atoms with Crippen LogP contribution in [0.5, 0.6) is 0 Å². The molecule has 4 heteroatoms. The molecule has 18 heavy (non-hydrogen) atoms. The SMILES string of the molecule is CNC(C)(C)CC(=O)NCCc1ccc(F)cc1. The fourth-order valence-corrected chi connectivity index (χ4v) is 1.55. The van der Waals surface area contributed by atoms with E-state index in [0.29, 0.717) is 19.4 Å². The maximum absolute atomic E-state index is 12.7. The Labute approximate surface area is 108 Å². The van der Waals surface area contributed by atoms with E-state index in [2.05, 4.69) is 10.6 Å². The summed E-state index contributed by atoms with van der Waals surface area (Å²) in [5, 5.41) is 5.95. The topological polar surface area (TPSA) is 41.1 Å². The Bertz CT molecular complexity index is 387. The molecule has 0 saturated heterocycles. The van der Waals surface area contributed by atoms with E-state index in [0.717, 1.165) is 5.56 Å². The van der Waals surface area contributed by atoms with Crippen LogP contribution in [-0.4, -0.2) is 25.0 Å². The number of rotatable bonds is 6. The van der Waals surface area contributed by atoms with Crippen molar-refractivity contribution in [3.8, 4) is 0 Å². The third-order valence-electron chi connectivity index (χ3n) is 2.93. The van der Waals surface area contributed by atoms with Gasteiger partial charge in [-0.05, 0) is 45.0 Å². The summed E-state index contributed by atoms with van der Waals surface area (Å²) < 4.78 is 12.7. The van der Waals surface area contributed by atoms with Crippen LogP contribution in [0.3, 0.4) is 0 Å². The molecule has 1 rings (SSSR count). The van der Waals surface area contributed by atoms with Crippen LogP contribution >= 0.6 is 0 Å². The number of nitrogens with one attached hydrogen (secondary N) is 2. The van der Waals surface area contributed by atoms with Crippen molar-refractivity contribution >= 4 is 5.91 Å². The van der Waals surface area contributed by atoms with Gasteiger partial charge in [-0.25, -0.2) is 4.39 Å². The predicted molar refractivity (Wildman–Crippen MR) is 70.9 cm³/mol. The molecule has 0 aliphatic heterocycles. The van der Waals surface area contributed by atoms with Gasteiger partial charge in [0.05, 0.1) is 0 Å². The second-order valence-electron chi connectivity index (χ2n) is 5.04. The molecule has 2 N–H and O–H groups in total. The van der Waals surface area contributed by atoms with E-state index in [1.165, 1.54) is 12.1 Å². The average molecular weight is 252 g/mol. The smallest absolute Gasteiger partial charge is 0.221 e. The number of carbonyl (C=O) groups is 1. The lowest BCUT2D eigenvalue weighted by Crippen LogP contribution is -2.42. The Morgan fingerprint density at radius 2 is 1.89 bits per heavy atom. The maximum Gasteiger partial charge on any atom is 0.221 e. The van der Waals surface area contributed by atoms with Crippen molar-refractivity contribution in [1.29, 1.82) is 0 Å². The predicted octanol–water partition coefficient (Wildman–Crippen LogP) is 1.87. The number of hydrogen-bond acceptors (Lipinski definition) is 2. The summed E-state index contributed by atoms with van der Waals surface area (Å²) in [7, 11) is 1.84. The van der Waals surface area contributed by atoms with E-state index in [4.69, 9.17) is 0 Å². The zero-order chi connectivity index (χ0) is 13.6. The third-order valence-corrected chi connectivity index (χ3v) is 2.93. The molecule has 0 aromatic heterocycles. The summed E-state index contributed by atoms with van der Waals surface area (Å²) in [6, 6.07) is 6.33. The van der Waals surface area contributed by atoms with Crippen LogP contribution in [0.15, 0.2) is 24.3 Å². The molecular weight excluding hydrogens is 231 g/mol. The largest absolute Gasteiger partial charge is 0.356 e. The average Bonchev–Trinajstić information content (AvgIpc) is 2.31. The standard InChI is InChI=1S/C14H21FN2O/c1-14(2,16-3)10-13(18)17-9-8-11-4-6-12(15)7-5-11/h4-7,16H,8-10H2,1-3H3,(H,17,18). The Kier molecular flexibility index (Phi) is 5.28. The molecular formula is C14H21FN2O. The zero-order valence-electron chi connectivity index (χ0n) is 11.2. The van der Waals surface area contributed by atoms with Crippen molar-refractivity contribution in [2.75, 3.05) is 13.6 Å². The third kappa shape index (κ3) is 5.27. The minimum absolute atomic E-state index is 0.0245. The maximum atomic E-state index is 12.7. The summed E-state index contributed by atoms with van der Waals surface area (Å²) in [5.41, 5.74) is 0.824. The Morgan fingerprint density at radius 3 is 2.44 bits per heavy atom. The Hall–Kier alpha value is -1.42. The lowest BCUT2D eigenvalue weighted by molar-refractivity contribution is -0.122. The first-order valence-electron chi connectivity index (χ1n) is 6.13. The quantitative estimate of drug-likeness (QED) is 0.811. The first-order valence-corrected chi connectivity index (χ1v) is 6.13. The van der Waals surface area contributed by atoms with Crippen LogP contribution in [0.25, 0.3) is 0 Å². The molecule has 0 saturated carbocycles. The van der Waals surface area contributed by atoms with E-state index >= 15 is 0 Å². The Balaban J connectivity index is 2.29. The van der Waals surface area contributed by atoms with Gasteiger partial charge in [0.25, 0.3) is 0 Å². The van der Waals surface area contributed by atoms with Gasteiger partial charge in [-0.2, -0.15) is 0 Å². The molecule has 0 fully saturated rings. The molecule has 0 radical (unpaired) electrons. The van der Waals surface area contributed by atoms with Crippen LogP contribution in [0.4, 0.5) is 4.39 Å². The van der Waals surface area contributed by atoms with Gasteiger partial charge in [0, 0.05) is 18.5 Å². The van der Waals surface area contributed by atoms with Crippen molar-refractivity contribution in [3.05, 3.63) is 35.6 Å². The highest BCUT2D eigenvalue weighted by atomic mass is 19.1. The van der Waals surface area contributed by atoms with Crippen LogP contribution < -0.4 is 10.6 Å². The highest BCUT2D eigenvalue weighted by Crippen LogP contribution is 2.07. The summed E-state index contributed by atoms with van der Waals surface area (Å²) in [6.45, 7) is 4.53. The molecule has 0 bridgehead atoms. The van der Waals surface area contributed by atoms with Gasteiger partial charge < -0.3 is 10.6 Å². The Morgan fingerprint density at radius 1 is 1.28 bits per heavy atom. The fraction of sp³-hybridized carbons (Fsp3) is 0.500. The van der Waals surface area contributed by atoms with Crippen LogP contribution in [0.1, 0.15) is 25.8 Å². The molecule has 3 nitrogen and oxygen atoms in total. The van der Waals surface area contributed by atoms with Gasteiger partial charge in [0.15, 0.2) is 0 Å². The molecule has 0 unspecified atom stereocenters. The summed E-state index contributed by atoms with van der Waals surface area (Å²) >= 11 is 0. The molecule has 0 aliphatic carbocycles. The summed E-state index contributed by atoms with van der Waals surface area (Å²) in [5.74, 6) is -0.213. The van der Waals surface area contributed by atoms with Crippen molar-refractivity contribution < 1.29 is 9.18 Å². The molecule has 1 aromatic rings. The summed E-state index contributed by atoms with van der Waals surface area (Å²) in [4.78, 5) is 11.7. The second-order valence-corrected chi connectivity index (χ2v) is 5.04. The molecule has 0 spiro atoms. The van der Waals surface area contributed by atoms with Gasteiger partial charge in [-0.15, -0.1) is 0 Å². The van der Waals surface area contributed by atoms with E-state index in [1.54, 1.807) is 12.1 Å². The number of benzene rings is 1. The van der Waals surface area contributed by atoms with Gasteiger partial charge in [0.2, 0.25) is 5.91 Å². The monoisotopic (exact) mass is 252 g/mol. The first-order chi connectivity index (χ1) is 8.43. The van der Waals surface area contributed by atoms with Crippen molar-refractivity contribution in [1.82, 2.24) is 10.6 Å². The molecule has 100 valence electrons. The van der Waals surface area contributed by atoms with E-state index < -0.39 is 0 Å². The molecule has 1 amide bonds. The fourth-order valence-electron chi connectivity index (χ4n) is 1.55. The van der Waals surface area contributed by atoms with Gasteiger partial charge >= 0.3 is 0 Å². The molecule has 0 atom stereocenters. The molecule has 1 aromatic carbocycles. The normalized spacial score (nSPS) is 11.3. The minimum Gasteiger partial charge on any atom is -0.356 e. The zero-order valence-corrected chi connectivity index (χ0v) is 11.2. The van der Waals surface area contributed by atoms with Crippen LogP contribution in [0.2, 0.25) is 0 Å². The molecule has 0 heterocycles. The van der Waals surface area contributed by atoms with Crippen LogP contribution in [-0.2, 0) is 11.2 Å². The molecule has 0 aliphatic rings. The van der Waals surface area contributed by atoms with E-state index in [-0.39, 0.29) is 17.3 Å². The highest BCUT2D eigenvalue weighted by Gasteiger charge is 2.18.